The Kier molecular flexibility index (Phi) is 5.72. The molecule has 156 valence electrons. The molecule has 2 amide bonds. The van der Waals surface area contributed by atoms with E-state index in [1.807, 2.05) is 0 Å². The number of rotatable bonds is 5. The maximum atomic E-state index is 12.6. The zero-order valence-corrected chi connectivity index (χ0v) is 15.5. The lowest BCUT2D eigenvalue weighted by Gasteiger charge is -2.11. The van der Waals surface area contributed by atoms with Crippen molar-refractivity contribution in [2.75, 3.05) is 12.4 Å². The van der Waals surface area contributed by atoms with Gasteiger partial charge < -0.3 is 15.4 Å². The van der Waals surface area contributed by atoms with E-state index in [0.717, 1.165) is 16.8 Å². The van der Waals surface area contributed by atoms with Gasteiger partial charge in [0.15, 0.2) is 5.69 Å². The summed E-state index contributed by atoms with van der Waals surface area (Å²) in [7, 11) is 1.41. The first-order chi connectivity index (χ1) is 14.2. The van der Waals surface area contributed by atoms with E-state index in [2.05, 4.69) is 20.5 Å². The maximum Gasteiger partial charge on any atom is 0.573 e. The number of carbonyl (C=O) groups excluding carboxylic acids is 2. The molecule has 0 saturated heterocycles. The number of anilines is 1. The number of carbonyl (C=O) groups is 2. The highest BCUT2D eigenvalue weighted by molar-refractivity contribution is 6.04. The number of hydrogen-bond acceptors (Lipinski definition) is 5. The van der Waals surface area contributed by atoms with E-state index in [4.69, 9.17) is 0 Å². The van der Waals surface area contributed by atoms with Crippen LogP contribution in [0.4, 0.5) is 18.9 Å². The molecule has 30 heavy (non-hydrogen) atoms. The molecule has 0 atom stereocenters. The molecular formula is C19H15F3N4O4. The molecule has 0 unspecified atom stereocenters. The summed E-state index contributed by atoms with van der Waals surface area (Å²) >= 11 is 0. The number of amides is 2. The first-order valence-electron chi connectivity index (χ1n) is 8.55. The van der Waals surface area contributed by atoms with Gasteiger partial charge in [0.25, 0.3) is 11.5 Å². The second kappa shape index (κ2) is 8.23. The minimum Gasteiger partial charge on any atom is -0.406 e. The molecule has 0 aliphatic heterocycles. The summed E-state index contributed by atoms with van der Waals surface area (Å²) in [4.78, 5) is 37.1. The molecule has 3 rings (SSSR count). The van der Waals surface area contributed by atoms with E-state index < -0.39 is 36.0 Å². The molecule has 3 aromatic rings. The molecule has 0 aliphatic carbocycles. The molecule has 0 fully saturated rings. The Hall–Kier alpha value is -3.89. The zero-order chi connectivity index (χ0) is 21.9. The Bertz CT molecular complexity index is 1160. The lowest BCUT2D eigenvalue weighted by molar-refractivity contribution is -0.274. The zero-order valence-electron chi connectivity index (χ0n) is 15.5. The van der Waals surface area contributed by atoms with Crippen molar-refractivity contribution < 1.29 is 27.5 Å². The molecule has 0 radical (unpaired) electrons. The van der Waals surface area contributed by atoms with Crippen molar-refractivity contribution in [1.82, 2.24) is 15.1 Å². The van der Waals surface area contributed by atoms with Gasteiger partial charge in [0.1, 0.15) is 12.3 Å². The normalized spacial score (nSPS) is 11.2. The topological polar surface area (TPSA) is 102 Å². The predicted molar refractivity (Wildman–Crippen MR) is 101 cm³/mol. The van der Waals surface area contributed by atoms with Gasteiger partial charge in [0.05, 0.1) is 5.39 Å². The fourth-order valence-corrected chi connectivity index (χ4v) is 2.70. The van der Waals surface area contributed by atoms with Gasteiger partial charge in [-0.1, -0.05) is 18.2 Å². The lowest BCUT2D eigenvalue weighted by Crippen LogP contribution is -2.33. The van der Waals surface area contributed by atoms with Crippen LogP contribution in [0.3, 0.4) is 0 Å². The Morgan fingerprint density at radius 3 is 2.30 bits per heavy atom. The fourth-order valence-electron chi connectivity index (χ4n) is 2.70. The predicted octanol–water partition coefficient (Wildman–Crippen LogP) is 2.29. The summed E-state index contributed by atoms with van der Waals surface area (Å²) < 4.78 is 41.2. The summed E-state index contributed by atoms with van der Waals surface area (Å²) in [5.41, 5.74) is -0.397. The minimum atomic E-state index is -4.82. The van der Waals surface area contributed by atoms with Crippen LogP contribution in [-0.2, 0) is 11.3 Å². The van der Waals surface area contributed by atoms with Crippen molar-refractivity contribution in [1.29, 1.82) is 0 Å². The average Bonchev–Trinajstić information content (AvgIpc) is 2.70. The van der Waals surface area contributed by atoms with E-state index in [1.165, 1.54) is 25.2 Å². The van der Waals surface area contributed by atoms with Crippen molar-refractivity contribution in [2.45, 2.75) is 12.9 Å². The van der Waals surface area contributed by atoms with Crippen LogP contribution in [0.15, 0.2) is 53.3 Å². The van der Waals surface area contributed by atoms with Crippen LogP contribution in [0.2, 0.25) is 0 Å². The maximum absolute atomic E-state index is 12.6. The highest BCUT2D eigenvalue weighted by atomic mass is 19.4. The van der Waals surface area contributed by atoms with E-state index in [0.29, 0.717) is 5.39 Å². The minimum absolute atomic E-state index is 0.0193. The molecule has 0 bridgehead atoms. The van der Waals surface area contributed by atoms with Crippen LogP contribution in [-0.4, -0.2) is 35.0 Å². The van der Waals surface area contributed by atoms with Gasteiger partial charge in [-0.05, 0) is 30.3 Å². The molecule has 1 aromatic heterocycles. The molecule has 0 aliphatic rings. The number of benzene rings is 2. The van der Waals surface area contributed by atoms with Crippen LogP contribution >= 0.6 is 0 Å². The van der Waals surface area contributed by atoms with Crippen molar-refractivity contribution in [3.8, 4) is 5.75 Å². The molecule has 1 heterocycles. The van der Waals surface area contributed by atoms with Gasteiger partial charge in [0.2, 0.25) is 5.91 Å². The van der Waals surface area contributed by atoms with Crippen LogP contribution in [0.1, 0.15) is 10.5 Å². The van der Waals surface area contributed by atoms with Crippen LogP contribution in [0.5, 0.6) is 5.75 Å². The van der Waals surface area contributed by atoms with Gasteiger partial charge in [-0.25, -0.2) is 4.68 Å². The van der Waals surface area contributed by atoms with Crippen molar-refractivity contribution in [3.05, 3.63) is 64.6 Å². The fraction of sp³-hybridized carbons (Fsp3) is 0.158. The molecule has 8 nitrogen and oxygen atoms in total. The SMILES string of the molecule is CNC(=O)c1nn(CC(=O)Nc2ccc(OC(F)(F)F)cc2)c(=O)c2ccccc12. The van der Waals surface area contributed by atoms with Gasteiger partial charge in [0, 0.05) is 18.1 Å². The third-order valence-electron chi connectivity index (χ3n) is 3.97. The number of aromatic nitrogens is 2. The molecule has 2 aromatic carbocycles. The lowest BCUT2D eigenvalue weighted by atomic mass is 10.1. The van der Waals surface area contributed by atoms with Gasteiger partial charge >= 0.3 is 6.36 Å². The summed E-state index contributed by atoms with van der Waals surface area (Å²) in [6, 6.07) is 10.9. The van der Waals surface area contributed by atoms with Crippen LogP contribution < -0.4 is 20.9 Å². The molecular weight excluding hydrogens is 405 g/mol. The smallest absolute Gasteiger partial charge is 0.406 e. The van der Waals surface area contributed by atoms with Gasteiger partial charge in [-0.2, -0.15) is 5.10 Å². The Labute approximate surface area is 167 Å². The van der Waals surface area contributed by atoms with Crippen molar-refractivity contribution in [2.24, 2.45) is 0 Å². The standard InChI is InChI=1S/C19H15F3N4O4/c1-23-17(28)16-13-4-2-3-5-14(13)18(29)26(25-16)10-15(27)24-11-6-8-12(9-7-11)30-19(20,21)22/h2-9H,10H2,1H3,(H,23,28)(H,24,27). The largest absolute Gasteiger partial charge is 0.573 e. The van der Waals surface area contributed by atoms with Crippen LogP contribution in [0, 0.1) is 0 Å². The number of halogens is 3. The number of alkyl halides is 3. The number of nitrogens with one attached hydrogen (secondary N) is 2. The summed E-state index contributed by atoms with van der Waals surface area (Å²) in [6.45, 7) is -0.505. The Morgan fingerprint density at radius 1 is 1.07 bits per heavy atom. The second-order valence-corrected chi connectivity index (χ2v) is 6.06. The molecule has 2 N–H and O–H groups in total. The average molecular weight is 420 g/mol. The highest BCUT2D eigenvalue weighted by Crippen LogP contribution is 2.24. The van der Waals surface area contributed by atoms with E-state index in [1.54, 1.807) is 18.2 Å². The molecule has 0 spiro atoms. The molecule has 11 heteroatoms. The van der Waals surface area contributed by atoms with E-state index in [-0.39, 0.29) is 16.8 Å². The molecule has 0 saturated carbocycles. The van der Waals surface area contributed by atoms with Gasteiger partial charge in [-0.3, -0.25) is 14.4 Å². The Balaban J connectivity index is 1.82. The number of ether oxygens (including phenoxy) is 1. The second-order valence-electron chi connectivity index (χ2n) is 6.06. The number of hydrogen-bond donors (Lipinski definition) is 2. The number of nitrogens with zero attached hydrogens (tertiary/aromatic N) is 2. The van der Waals surface area contributed by atoms with E-state index in [9.17, 15) is 27.6 Å². The summed E-state index contributed by atoms with van der Waals surface area (Å²) in [5.74, 6) is -1.63. The Morgan fingerprint density at radius 2 is 1.70 bits per heavy atom. The quantitative estimate of drug-likeness (QED) is 0.660. The number of fused-ring (bicyclic) bond motifs is 1. The van der Waals surface area contributed by atoms with Crippen molar-refractivity contribution >= 4 is 28.3 Å². The van der Waals surface area contributed by atoms with E-state index >= 15 is 0 Å². The monoisotopic (exact) mass is 420 g/mol. The van der Waals surface area contributed by atoms with Crippen LogP contribution in [0.25, 0.3) is 10.8 Å². The highest BCUT2D eigenvalue weighted by Gasteiger charge is 2.31. The third kappa shape index (κ3) is 4.74. The first-order valence-corrected chi connectivity index (χ1v) is 8.55. The summed E-state index contributed by atoms with van der Waals surface area (Å²) in [5, 5.41) is 9.42. The van der Waals surface area contributed by atoms with Gasteiger partial charge in [-0.15, -0.1) is 13.2 Å². The summed E-state index contributed by atoms with van der Waals surface area (Å²) in [6.07, 6.45) is -4.82. The first kappa shape index (κ1) is 20.8. The third-order valence-corrected chi connectivity index (χ3v) is 3.97. The van der Waals surface area contributed by atoms with Crippen molar-refractivity contribution in [3.63, 3.8) is 0 Å².